The molecule has 0 unspecified atom stereocenters. The van der Waals surface area contributed by atoms with Gasteiger partial charge in [0.1, 0.15) is 0 Å². The van der Waals surface area contributed by atoms with E-state index in [0.717, 1.165) is 51.4 Å². The van der Waals surface area contributed by atoms with Crippen LogP contribution in [0.25, 0.3) is 0 Å². The van der Waals surface area contributed by atoms with Gasteiger partial charge in [0.25, 0.3) is 0 Å². The van der Waals surface area contributed by atoms with Crippen molar-refractivity contribution in [1.82, 2.24) is 10.2 Å². The quantitative estimate of drug-likeness (QED) is 0.875. The molecule has 1 fully saturated rings. The standard InChI is InChI=1S/C15H24N2OS.ClH/c1-2-16-11-13-5-8-17(9-6-13)15(18)4-3-14-7-10-19-12-14;/h7,10,12-13,16H,2-6,8-9,11H2,1H3;1H. The van der Waals surface area contributed by atoms with Gasteiger partial charge in [0, 0.05) is 19.5 Å². The molecule has 1 aromatic rings. The summed E-state index contributed by atoms with van der Waals surface area (Å²) in [6.45, 7) is 6.17. The van der Waals surface area contributed by atoms with Gasteiger partial charge in [-0.05, 0) is 60.7 Å². The number of rotatable bonds is 6. The Labute approximate surface area is 132 Å². The Hall–Kier alpha value is -0.580. The van der Waals surface area contributed by atoms with Gasteiger partial charge in [0.2, 0.25) is 5.91 Å². The maximum Gasteiger partial charge on any atom is 0.222 e. The van der Waals surface area contributed by atoms with E-state index in [2.05, 4.69) is 34.0 Å². The number of nitrogens with zero attached hydrogens (tertiary/aromatic N) is 1. The van der Waals surface area contributed by atoms with Crippen molar-refractivity contribution in [2.75, 3.05) is 26.2 Å². The summed E-state index contributed by atoms with van der Waals surface area (Å²) < 4.78 is 0. The number of carbonyl (C=O) groups is 1. The highest BCUT2D eigenvalue weighted by Crippen LogP contribution is 2.18. The first-order valence-electron chi connectivity index (χ1n) is 7.29. The van der Waals surface area contributed by atoms with Gasteiger partial charge < -0.3 is 10.2 Å². The normalized spacial score (nSPS) is 15.9. The third kappa shape index (κ3) is 5.43. The number of nitrogens with one attached hydrogen (secondary N) is 1. The van der Waals surface area contributed by atoms with Gasteiger partial charge in [-0.15, -0.1) is 12.4 Å². The van der Waals surface area contributed by atoms with Crippen molar-refractivity contribution in [3.8, 4) is 0 Å². The lowest BCUT2D eigenvalue weighted by Gasteiger charge is -2.32. The number of carbonyl (C=O) groups excluding carboxylic acids is 1. The summed E-state index contributed by atoms with van der Waals surface area (Å²) >= 11 is 1.70. The number of halogens is 1. The van der Waals surface area contributed by atoms with Crippen LogP contribution < -0.4 is 5.32 Å². The van der Waals surface area contributed by atoms with Crippen LogP contribution in [-0.2, 0) is 11.2 Å². The van der Waals surface area contributed by atoms with E-state index >= 15 is 0 Å². The van der Waals surface area contributed by atoms with Crippen molar-refractivity contribution < 1.29 is 4.79 Å². The minimum atomic E-state index is 0. The fraction of sp³-hybridized carbons (Fsp3) is 0.667. The molecule has 20 heavy (non-hydrogen) atoms. The van der Waals surface area contributed by atoms with Gasteiger partial charge in [0.05, 0.1) is 0 Å². The van der Waals surface area contributed by atoms with Crippen molar-refractivity contribution in [2.45, 2.75) is 32.6 Å². The zero-order valence-electron chi connectivity index (χ0n) is 12.1. The molecule has 0 aromatic carbocycles. The second kappa shape index (κ2) is 9.37. The zero-order chi connectivity index (χ0) is 13.5. The molecule has 0 atom stereocenters. The number of piperidine rings is 1. The average molecular weight is 317 g/mol. The maximum atomic E-state index is 12.1. The summed E-state index contributed by atoms with van der Waals surface area (Å²) in [5, 5.41) is 7.61. The number of likely N-dealkylation sites (tertiary alicyclic amines) is 1. The van der Waals surface area contributed by atoms with E-state index in [-0.39, 0.29) is 12.4 Å². The second-order valence-corrected chi connectivity index (χ2v) is 6.04. The predicted octanol–water partition coefficient (Wildman–Crippen LogP) is 2.95. The first kappa shape index (κ1) is 17.5. The molecule has 2 heterocycles. The first-order chi connectivity index (χ1) is 9.29. The van der Waals surface area contributed by atoms with Crippen LogP contribution in [0.2, 0.25) is 0 Å². The van der Waals surface area contributed by atoms with Crippen LogP contribution in [-0.4, -0.2) is 37.0 Å². The fourth-order valence-corrected chi connectivity index (χ4v) is 3.28. The summed E-state index contributed by atoms with van der Waals surface area (Å²) in [4.78, 5) is 14.2. The van der Waals surface area contributed by atoms with Crippen molar-refractivity contribution in [1.29, 1.82) is 0 Å². The minimum absolute atomic E-state index is 0. The monoisotopic (exact) mass is 316 g/mol. The molecule has 2 rings (SSSR count). The van der Waals surface area contributed by atoms with E-state index in [1.807, 2.05) is 0 Å². The van der Waals surface area contributed by atoms with Crippen molar-refractivity contribution in [2.24, 2.45) is 5.92 Å². The van der Waals surface area contributed by atoms with Gasteiger partial charge in [0.15, 0.2) is 0 Å². The summed E-state index contributed by atoms with van der Waals surface area (Å²) in [5.74, 6) is 1.08. The minimum Gasteiger partial charge on any atom is -0.343 e. The lowest BCUT2D eigenvalue weighted by Crippen LogP contribution is -2.40. The van der Waals surface area contributed by atoms with E-state index in [9.17, 15) is 4.79 Å². The molecule has 0 spiro atoms. The maximum absolute atomic E-state index is 12.1. The topological polar surface area (TPSA) is 32.3 Å². The Morgan fingerprint density at radius 1 is 1.45 bits per heavy atom. The molecule has 1 aliphatic rings. The Morgan fingerprint density at radius 3 is 2.80 bits per heavy atom. The molecule has 0 bridgehead atoms. The molecule has 1 saturated heterocycles. The van der Waals surface area contributed by atoms with Gasteiger partial charge in [-0.1, -0.05) is 6.92 Å². The average Bonchev–Trinajstić information content (AvgIpc) is 2.96. The molecule has 5 heteroatoms. The van der Waals surface area contributed by atoms with Crippen LogP contribution in [0.15, 0.2) is 16.8 Å². The number of amides is 1. The van der Waals surface area contributed by atoms with Crippen LogP contribution in [0.1, 0.15) is 31.7 Å². The highest BCUT2D eigenvalue weighted by atomic mass is 35.5. The molecular formula is C15H25ClN2OS. The fourth-order valence-electron chi connectivity index (χ4n) is 2.58. The zero-order valence-corrected chi connectivity index (χ0v) is 13.8. The Balaban J connectivity index is 0.00000200. The Morgan fingerprint density at radius 2 is 2.20 bits per heavy atom. The summed E-state index contributed by atoms with van der Waals surface area (Å²) in [6, 6.07) is 2.11. The van der Waals surface area contributed by atoms with Crippen LogP contribution >= 0.6 is 23.7 Å². The summed E-state index contributed by atoms with van der Waals surface area (Å²) in [7, 11) is 0. The van der Waals surface area contributed by atoms with E-state index in [1.54, 1.807) is 11.3 Å². The third-order valence-corrected chi connectivity index (χ3v) is 4.59. The van der Waals surface area contributed by atoms with Crippen LogP contribution in [0.4, 0.5) is 0 Å². The number of thiophene rings is 1. The lowest BCUT2D eigenvalue weighted by atomic mass is 9.96. The molecular weight excluding hydrogens is 292 g/mol. The van der Waals surface area contributed by atoms with Crippen LogP contribution in [0.5, 0.6) is 0 Å². The molecule has 114 valence electrons. The van der Waals surface area contributed by atoms with E-state index in [0.29, 0.717) is 12.3 Å². The Kier molecular flexibility index (Phi) is 8.19. The molecule has 0 radical (unpaired) electrons. The highest BCUT2D eigenvalue weighted by molar-refractivity contribution is 7.07. The highest BCUT2D eigenvalue weighted by Gasteiger charge is 2.22. The lowest BCUT2D eigenvalue weighted by molar-refractivity contribution is -0.132. The molecule has 0 aliphatic carbocycles. The molecule has 1 N–H and O–H groups in total. The predicted molar refractivity (Wildman–Crippen MR) is 87.7 cm³/mol. The summed E-state index contributed by atoms with van der Waals surface area (Å²) in [5.41, 5.74) is 1.29. The van der Waals surface area contributed by atoms with Crippen molar-refractivity contribution in [3.05, 3.63) is 22.4 Å². The smallest absolute Gasteiger partial charge is 0.222 e. The molecule has 1 aliphatic heterocycles. The van der Waals surface area contributed by atoms with Crippen molar-refractivity contribution in [3.63, 3.8) is 0 Å². The number of aryl methyl sites for hydroxylation is 1. The van der Waals surface area contributed by atoms with Gasteiger partial charge in [-0.25, -0.2) is 0 Å². The van der Waals surface area contributed by atoms with Crippen molar-refractivity contribution >= 4 is 29.7 Å². The van der Waals surface area contributed by atoms with Gasteiger partial charge >= 0.3 is 0 Å². The molecule has 1 aromatic heterocycles. The third-order valence-electron chi connectivity index (χ3n) is 3.86. The number of hydrogen-bond acceptors (Lipinski definition) is 3. The SMILES string of the molecule is CCNCC1CCN(C(=O)CCc2ccsc2)CC1.Cl. The second-order valence-electron chi connectivity index (χ2n) is 5.26. The summed E-state index contributed by atoms with van der Waals surface area (Å²) in [6.07, 6.45) is 3.85. The molecule has 0 saturated carbocycles. The van der Waals surface area contributed by atoms with E-state index < -0.39 is 0 Å². The largest absolute Gasteiger partial charge is 0.343 e. The van der Waals surface area contributed by atoms with Gasteiger partial charge in [-0.2, -0.15) is 11.3 Å². The number of hydrogen-bond donors (Lipinski definition) is 1. The first-order valence-corrected chi connectivity index (χ1v) is 8.23. The molecule has 3 nitrogen and oxygen atoms in total. The van der Waals surface area contributed by atoms with E-state index in [4.69, 9.17) is 0 Å². The molecule has 1 amide bonds. The Bertz CT molecular complexity index is 375. The van der Waals surface area contributed by atoms with Gasteiger partial charge in [-0.3, -0.25) is 4.79 Å². The van der Waals surface area contributed by atoms with Crippen LogP contribution in [0, 0.1) is 5.92 Å². The van der Waals surface area contributed by atoms with Crippen LogP contribution in [0.3, 0.4) is 0 Å². The van der Waals surface area contributed by atoms with E-state index in [1.165, 1.54) is 5.56 Å².